The van der Waals surface area contributed by atoms with Gasteiger partial charge in [-0.15, -0.1) is 0 Å². The quantitative estimate of drug-likeness (QED) is 0.225. The maximum Gasteiger partial charge on any atom is 0.211 e. The molecule has 0 saturated carbocycles. The minimum absolute atomic E-state index is 0. The van der Waals surface area contributed by atoms with Crippen molar-refractivity contribution in [1.82, 2.24) is 0 Å². The summed E-state index contributed by atoms with van der Waals surface area (Å²) in [5.74, 6) is 3.69. The summed E-state index contributed by atoms with van der Waals surface area (Å²) < 4.78 is 35.5. The lowest BCUT2D eigenvalue weighted by molar-refractivity contribution is 0.414. The summed E-state index contributed by atoms with van der Waals surface area (Å²) in [6, 6.07) is 42.9. The van der Waals surface area contributed by atoms with E-state index in [2.05, 4.69) is 11.6 Å². The van der Waals surface area contributed by atoms with E-state index in [-0.39, 0.29) is 5.48 Å². The van der Waals surface area contributed by atoms with Crippen LogP contribution in [-0.2, 0) is 9.13 Å². The summed E-state index contributed by atoms with van der Waals surface area (Å²) >= 11 is 0. The Morgan fingerprint density at radius 2 is 0.949 bits per heavy atom. The molecular formula is C33H28O4P2. The van der Waals surface area contributed by atoms with Gasteiger partial charge in [0.05, 0.1) is 12.7 Å². The van der Waals surface area contributed by atoms with E-state index in [1.165, 1.54) is 0 Å². The van der Waals surface area contributed by atoms with Crippen LogP contribution in [0.2, 0.25) is 0 Å². The van der Waals surface area contributed by atoms with Gasteiger partial charge in [-0.1, -0.05) is 133 Å². The lowest BCUT2D eigenvalue weighted by atomic mass is 10.2. The van der Waals surface area contributed by atoms with Crippen molar-refractivity contribution in [3.63, 3.8) is 0 Å². The lowest BCUT2D eigenvalue weighted by Gasteiger charge is -2.22. The molecule has 0 aliphatic heterocycles. The Hall–Kier alpha value is -4.12. The zero-order chi connectivity index (χ0) is 26.4. The lowest BCUT2D eigenvalue weighted by Crippen LogP contribution is -2.27. The van der Waals surface area contributed by atoms with Crippen LogP contribution in [0.1, 0.15) is 5.56 Å². The van der Waals surface area contributed by atoms with Crippen molar-refractivity contribution in [1.29, 1.82) is 0 Å². The van der Waals surface area contributed by atoms with Crippen LogP contribution in [0.3, 0.4) is 0 Å². The molecule has 5 aromatic carbocycles. The average molecular weight is 551 g/mol. The van der Waals surface area contributed by atoms with Gasteiger partial charge in [0.25, 0.3) is 0 Å². The number of benzene rings is 5. The summed E-state index contributed by atoms with van der Waals surface area (Å²) in [5, 5.41) is 3.22. The van der Waals surface area contributed by atoms with Gasteiger partial charge in [0.2, 0.25) is 7.14 Å². The predicted octanol–water partition coefficient (Wildman–Crippen LogP) is 4.83. The Morgan fingerprint density at radius 1 is 0.538 bits per heavy atom. The molecule has 0 aliphatic carbocycles. The first-order chi connectivity index (χ1) is 18.6. The summed E-state index contributed by atoms with van der Waals surface area (Å²) in [7, 11) is -5.13. The molecule has 5 aromatic rings. The van der Waals surface area contributed by atoms with E-state index < -0.39 is 14.3 Å². The van der Waals surface area contributed by atoms with E-state index in [4.69, 9.17) is 4.74 Å². The van der Waals surface area contributed by atoms with Crippen LogP contribution in [0.4, 0.5) is 0 Å². The van der Waals surface area contributed by atoms with Crippen molar-refractivity contribution in [2.24, 2.45) is 0 Å². The van der Waals surface area contributed by atoms with Gasteiger partial charge in [-0.25, -0.2) is 0 Å². The zero-order valence-electron chi connectivity index (χ0n) is 21.4. The Kier molecular flexibility index (Phi) is 8.70. The van der Waals surface area contributed by atoms with Crippen LogP contribution in [0.25, 0.3) is 0 Å². The van der Waals surface area contributed by atoms with Gasteiger partial charge in [-0.3, -0.25) is 4.57 Å². The highest BCUT2D eigenvalue weighted by atomic mass is 31.2. The van der Waals surface area contributed by atoms with Crippen LogP contribution in [0.15, 0.2) is 140 Å². The summed E-state index contributed by atoms with van der Waals surface area (Å²) in [6.07, 6.45) is 0. The number of methoxy groups -OCH3 is 1. The molecule has 0 aliphatic rings. The van der Waals surface area contributed by atoms with Crippen molar-refractivity contribution in [2.75, 3.05) is 7.11 Å². The topological polar surface area (TPSA) is 74.9 Å². The molecule has 0 aromatic heterocycles. The normalized spacial score (nSPS) is 11.0. The second-order valence-corrected chi connectivity index (χ2v) is 13.9. The molecular weight excluding hydrogens is 522 g/mol. The van der Waals surface area contributed by atoms with Crippen LogP contribution < -0.4 is 31.3 Å². The standard InChI is InChI=1S/C33H26O3P2.H2O/c1-36-32-23-14-24-33(38(35,29-19-10-4-11-20-29)30-21-12-5-13-22-30)31(32)25-26-37(34,27-15-6-2-7-16-27)28-17-8-3-9-18-28;/h2-24H,1H3;1H2. The predicted molar refractivity (Wildman–Crippen MR) is 163 cm³/mol. The van der Waals surface area contributed by atoms with Gasteiger partial charge in [0.15, 0.2) is 7.14 Å². The molecule has 0 heterocycles. The molecule has 194 valence electrons. The molecule has 0 fully saturated rings. The van der Waals surface area contributed by atoms with Crippen LogP contribution in [0, 0.1) is 11.6 Å². The maximum absolute atomic E-state index is 15.2. The fourth-order valence-electron chi connectivity index (χ4n) is 4.47. The van der Waals surface area contributed by atoms with E-state index in [1.807, 2.05) is 133 Å². The van der Waals surface area contributed by atoms with Crippen LogP contribution in [0.5, 0.6) is 5.75 Å². The van der Waals surface area contributed by atoms with Gasteiger partial charge < -0.3 is 14.8 Å². The fraction of sp³-hybridized carbons (Fsp3) is 0.0303. The third-order valence-electron chi connectivity index (χ3n) is 6.38. The number of rotatable bonds is 6. The Balaban J connectivity index is 0.00000353. The molecule has 0 bridgehead atoms. The van der Waals surface area contributed by atoms with Gasteiger partial charge in [-0.05, 0) is 17.8 Å². The first-order valence-corrected chi connectivity index (χ1v) is 15.6. The smallest absolute Gasteiger partial charge is 0.211 e. The molecule has 39 heavy (non-hydrogen) atoms. The first-order valence-electron chi connectivity index (χ1n) is 12.2. The van der Waals surface area contributed by atoms with Gasteiger partial charge in [0.1, 0.15) is 5.75 Å². The summed E-state index contributed by atoms with van der Waals surface area (Å²) in [5.41, 5.74) is 3.61. The Bertz CT molecular complexity index is 1610. The highest BCUT2D eigenvalue weighted by Crippen LogP contribution is 2.46. The highest BCUT2D eigenvalue weighted by Gasteiger charge is 2.33. The monoisotopic (exact) mass is 550 g/mol. The van der Waals surface area contributed by atoms with E-state index in [0.717, 1.165) is 0 Å². The van der Waals surface area contributed by atoms with E-state index in [0.29, 0.717) is 37.8 Å². The Labute approximate surface area is 229 Å². The van der Waals surface area contributed by atoms with E-state index >= 15 is 4.57 Å². The molecule has 0 radical (unpaired) electrons. The van der Waals surface area contributed by atoms with Crippen molar-refractivity contribution >= 4 is 40.8 Å². The molecule has 0 atom stereocenters. The van der Waals surface area contributed by atoms with Gasteiger partial charge >= 0.3 is 0 Å². The van der Waals surface area contributed by atoms with E-state index in [1.54, 1.807) is 13.2 Å². The summed E-state index contributed by atoms with van der Waals surface area (Å²) in [6.45, 7) is 0. The number of ether oxygens (including phenoxy) is 1. The largest absolute Gasteiger partial charge is 0.495 e. The molecule has 0 unspecified atom stereocenters. The average Bonchev–Trinajstić information content (AvgIpc) is 3.01. The molecule has 0 saturated heterocycles. The van der Waals surface area contributed by atoms with Gasteiger partial charge in [-0.2, -0.15) is 0 Å². The number of hydrogen-bond acceptors (Lipinski definition) is 3. The molecule has 0 amide bonds. The molecule has 4 nitrogen and oxygen atoms in total. The van der Waals surface area contributed by atoms with Gasteiger partial charge in [0, 0.05) is 26.5 Å². The highest BCUT2D eigenvalue weighted by molar-refractivity contribution is 7.85. The third kappa shape index (κ3) is 5.40. The minimum atomic E-state index is -3.35. The minimum Gasteiger partial charge on any atom is -0.495 e. The molecule has 5 rings (SSSR count). The second-order valence-electron chi connectivity index (χ2n) is 8.65. The Morgan fingerprint density at radius 3 is 1.36 bits per heavy atom. The van der Waals surface area contributed by atoms with Crippen molar-refractivity contribution < 1.29 is 19.3 Å². The van der Waals surface area contributed by atoms with Crippen molar-refractivity contribution in [2.45, 2.75) is 0 Å². The molecule has 0 spiro atoms. The van der Waals surface area contributed by atoms with Crippen LogP contribution >= 0.6 is 14.3 Å². The first kappa shape index (κ1) is 27.9. The SMILES string of the molecule is COc1cccc(P(=O)(c2ccccc2)c2ccccc2)c1C#CP(=O)(c1ccccc1)c1ccccc1.O. The molecule has 6 heteroatoms. The van der Waals surface area contributed by atoms with E-state index in [9.17, 15) is 4.57 Å². The molecule has 2 N–H and O–H groups in total. The van der Waals surface area contributed by atoms with Crippen molar-refractivity contribution in [3.05, 3.63) is 145 Å². The fourth-order valence-corrected chi connectivity index (χ4v) is 9.29. The van der Waals surface area contributed by atoms with Crippen molar-refractivity contribution in [3.8, 4) is 17.3 Å². The summed E-state index contributed by atoms with van der Waals surface area (Å²) in [4.78, 5) is 0. The second kappa shape index (κ2) is 12.2. The number of hydrogen-bond donors (Lipinski definition) is 0. The maximum atomic E-state index is 15.2. The third-order valence-corrected chi connectivity index (χ3v) is 12.0. The van der Waals surface area contributed by atoms with Crippen LogP contribution in [-0.4, -0.2) is 12.6 Å². The zero-order valence-corrected chi connectivity index (χ0v) is 23.2.